The van der Waals surface area contributed by atoms with Crippen molar-refractivity contribution in [2.24, 2.45) is 0 Å². The fourth-order valence-corrected chi connectivity index (χ4v) is 5.35. The predicted octanol–water partition coefficient (Wildman–Crippen LogP) is 7.46. The van der Waals surface area contributed by atoms with Crippen LogP contribution in [0.15, 0.2) is 97.1 Å². The van der Waals surface area contributed by atoms with E-state index in [2.05, 4.69) is 116 Å². The van der Waals surface area contributed by atoms with Gasteiger partial charge in [-0.2, -0.15) is 0 Å². The van der Waals surface area contributed by atoms with E-state index in [9.17, 15) is 0 Å². The standard InChI is InChI=1S/C32H24/c1-2-22-21-25-13-5-8-17-29(25)32(30-18-10-9-14-26(22)30)31-27-15-6-3-11-23(27)19-20-24-12-4-7-16-28(24)31/h3-18,22H,2,21H2,1H3. The topological polar surface area (TPSA) is 0 Å². The molecule has 4 aromatic carbocycles. The number of hydrogen-bond acceptors (Lipinski definition) is 0. The highest BCUT2D eigenvalue weighted by molar-refractivity contribution is 6.08. The fourth-order valence-electron chi connectivity index (χ4n) is 5.35. The van der Waals surface area contributed by atoms with Crippen LogP contribution in [0.1, 0.15) is 63.8 Å². The van der Waals surface area contributed by atoms with Crippen molar-refractivity contribution in [1.29, 1.82) is 0 Å². The third kappa shape index (κ3) is 2.94. The van der Waals surface area contributed by atoms with Gasteiger partial charge in [0.05, 0.1) is 0 Å². The van der Waals surface area contributed by atoms with Gasteiger partial charge >= 0.3 is 0 Å². The van der Waals surface area contributed by atoms with Crippen LogP contribution in [0.4, 0.5) is 0 Å². The third-order valence-corrected chi connectivity index (χ3v) is 6.89. The van der Waals surface area contributed by atoms with Gasteiger partial charge in [-0.3, -0.25) is 0 Å². The maximum Gasteiger partial charge on any atom is 0.0327 e. The summed E-state index contributed by atoms with van der Waals surface area (Å²) >= 11 is 0. The van der Waals surface area contributed by atoms with Crippen molar-refractivity contribution in [1.82, 2.24) is 0 Å². The SMILES string of the molecule is CCC1Cc2ccccc2C(=C2c3ccccc3C#Cc3ccccc32)c2ccccc21. The summed E-state index contributed by atoms with van der Waals surface area (Å²) in [5, 5.41) is 0. The highest BCUT2D eigenvalue weighted by Crippen LogP contribution is 2.46. The second kappa shape index (κ2) is 7.70. The summed E-state index contributed by atoms with van der Waals surface area (Å²) in [5.41, 5.74) is 12.8. The van der Waals surface area contributed by atoms with E-state index in [1.807, 2.05) is 0 Å². The van der Waals surface area contributed by atoms with Gasteiger partial charge in [0, 0.05) is 11.1 Å². The number of benzene rings is 4. The quantitative estimate of drug-likeness (QED) is 0.253. The molecule has 0 amide bonds. The Kier molecular flexibility index (Phi) is 4.55. The molecule has 0 heterocycles. The highest BCUT2D eigenvalue weighted by Gasteiger charge is 2.28. The average molecular weight is 409 g/mol. The molecule has 0 radical (unpaired) electrons. The Morgan fingerprint density at radius 2 is 1.09 bits per heavy atom. The molecule has 0 saturated heterocycles. The van der Waals surface area contributed by atoms with Gasteiger partial charge in [0.15, 0.2) is 0 Å². The molecule has 2 aliphatic rings. The van der Waals surface area contributed by atoms with Crippen LogP contribution in [0.25, 0.3) is 11.1 Å². The first-order chi connectivity index (χ1) is 15.8. The van der Waals surface area contributed by atoms with Crippen molar-refractivity contribution in [2.75, 3.05) is 0 Å². The van der Waals surface area contributed by atoms with Crippen molar-refractivity contribution >= 4 is 11.1 Å². The van der Waals surface area contributed by atoms with Crippen LogP contribution < -0.4 is 0 Å². The lowest BCUT2D eigenvalue weighted by Crippen LogP contribution is -2.02. The molecule has 0 heteroatoms. The van der Waals surface area contributed by atoms with E-state index in [4.69, 9.17) is 0 Å². The maximum absolute atomic E-state index is 3.45. The molecule has 0 bridgehead atoms. The van der Waals surface area contributed by atoms with E-state index < -0.39 is 0 Å². The van der Waals surface area contributed by atoms with Crippen LogP contribution in [-0.4, -0.2) is 0 Å². The minimum atomic E-state index is 0.512. The van der Waals surface area contributed by atoms with Crippen LogP contribution in [0.5, 0.6) is 0 Å². The van der Waals surface area contributed by atoms with Crippen LogP contribution in [0, 0.1) is 11.8 Å². The van der Waals surface area contributed by atoms with Crippen molar-refractivity contribution < 1.29 is 0 Å². The molecule has 6 rings (SSSR count). The molecule has 0 fully saturated rings. The smallest absolute Gasteiger partial charge is 0.0327 e. The second-order valence-electron chi connectivity index (χ2n) is 8.64. The van der Waals surface area contributed by atoms with E-state index >= 15 is 0 Å². The van der Waals surface area contributed by atoms with Gasteiger partial charge in [0.2, 0.25) is 0 Å². The Bertz CT molecular complexity index is 1380. The summed E-state index contributed by atoms with van der Waals surface area (Å²) in [6.07, 6.45) is 2.20. The van der Waals surface area contributed by atoms with Crippen LogP contribution in [0.3, 0.4) is 0 Å². The molecule has 1 atom stereocenters. The van der Waals surface area contributed by atoms with Crippen molar-refractivity contribution in [3.8, 4) is 11.8 Å². The first kappa shape index (κ1) is 18.9. The minimum absolute atomic E-state index is 0.512. The zero-order valence-electron chi connectivity index (χ0n) is 18.2. The summed E-state index contributed by atoms with van der Waals surface area (Å²) < 4.78 is 0. The van der Waals surface area contributed by atoms with E-state index in [0.717, 1.165) is 24.0 Å². The number of fused-ring (bicyclic) bond motifs is 4. The van der Waals surface area contributed by atoms with Crippen molar-refractivity contribution in [3.05, 3.63) is 142 Å². The van der Waals surface area contributed by atoms with Gasteiger partial charge in [-0.25, -0.2) is 0 Å². The lowest BCUT2D eigenvalue weighted by Gasteiger charge is -2.21. The number of rotatable bonds is 1. The Balaban J connectivity index is 1.83. The summed E-state index contributed by atoms with van der Waals surface area (Å²) in [7, 11) is 0. The van der Waals surface area contributed by atoms with E-state index in [-0.39, 0.29) is 0 Å². The molecule has 0 N–H and O–H groups in total. The minimum Gasteiger partial charge on any atom is -0.0648 e. The van der Waals surface area contributed by atoms with Gasteiger partial charge in [-0.15, -0.1) is 0 Å². The molecule has 152 valence electrons. The maximum atomic E-state index is 3.45. The molecule has 0 saturated carbocycles. The molecule has 2 aliphatic carbocycles. The van der Waals surface area contributed by atoms with Crippen molar-refractivity contribution in [2.45, 2.75) is 25.7 Å². The molecule has 32 heavy (non-hydrogen) atoms. The fraction of sp³-hybridized carbons (Fsp3) is 0.125. The van der Waals surface area contributed by atoms with Crippen LogP contribution in [-0.2, 0) is 6.42 Å². The normalized spacial score (nSPS) is 15.8. The third-order valence-electron chi connectivity index (χ3n) is 6.89. The molecule has 4 aromatic rings. The average Bonchev–Trinajstić information content (AvgIpc) is 3.10. The summed E-state index contributed by atoms with van der Waals surface area (Å²) in [5.74, 6) is 7.41. The number of hydrogen-bond donors (Lipinski definition) is 0. The van der Waals surface area contributed by atoms with E-state index in [1.54, 1.807) is 0 Å². The van der Waals surface area contributed by atoms with Crippen LogP contribution >= 0.6 is 0 Å². The van der Waals surface area contributed by atoms with E-state index in [0.29, 0.717) is 5.92 Å². The Morgan fingerprint density at radius 3 is 1.75 bits per heavy atom. The molecule has 0 spiro atoms. The highest BCUT2D eigenvalue weighted by atomic mass is 14.3. The molecular formula is C32H24. The van der Waals surface area contributed by atoms with Gasteiger partial charge < -0.3 is 0 Å². The van der Waals surface area contributed by atoms with Gasteiger partial charge in [-0.1, -0.05) is 104 Å². The molecule has 0 aliphatic heterocycles. The zero-order valence-corrected chi connectivity index (χ0v) is 18.2. The monoisotopic (exact) mass is 408 g/mol. The Labute approximate surface area is 190 Å². The molecule has 0 aromatic heterocycles. The van der Waals surface area contributed by atoms with E-state index in [1.165, 1.54) is 44.5 Å². The lowest BCUT2D eigenvalue weighted by molar-refractivity contribution is 0.662. The first-order valence-electron chi connectivity index (χ1n) is 11.5. The predicted molar refractivity (Wildman–Crippen MR) is 134 cm³/mol. The lowest BCUT2D eigenvalue weighted by atomic mass is 9.82. The molecule has 0 nitrogen and oxygen atoms in total. The van der Waals surface area contributed by atoms with Gasteiger partial charge in [0.25, 0.3) is 0 Å². The van der Waals surface area contributed by atoms with Gasteiger partial charge in [-0.05, 0) is 75.4 Å². The zero-order chi connectivity index (χ0) is 21.5. The second-order valence-corrected chi connectivity index (χ2v) is 8.64. The van der Waals surface area contributed by atoms with Gasteiger partial charge in [0.1, 0.15) is 0 Å². The van der Waals surface area contributed by atoms with Crippen LogP contribution in [0.2, 0.25) is 0 Å². The Hall–Kier alpha value is -3.82. The summed E-state index contributed by atoms with van der Waals surface area (Å²) in [6.45, 7) is 2.31. The molecular weight excluding hydrogens is 384 g/mol. The largest absolute Gasteiger partial charge is 0.0648 e. The van der Waals surface area contributed by atoms with Crippen molar-refractivity contribution in [3.63, 3.8) is 0 Å². The Morgan fingerprint density at radius 1 is 0.594 bits per heavy atom. The first-order valence-corrected chi connectivity index (χ1v) is 11.5. The molecule has 1 unspecified atom stereocenters. The summed E-state index contributed by atoms with van der Waals surface area (Å²) in [4.78, 5) is 0. The summed E-state index contributed by atoms with van der Waals surface area (Å²) in [6, 6.07) is 35.3.